The molecule has 0 radical (unpaired) electrons. The lowest BCUT2D eigenvalue weighted by Gasteiger charge is -2.14. The fourth-order valence-corrected chi connectivity index (χ4v) is 1.09. The molecule has 0 saturated carbocycles. The molecule has 1 aromatic carbocycles. The van der Waals surface area contributed by atoms with Crippen LogP contribution in [0.3, 0.4) is 0 Å². The van der Waals surface area contributed by atoms with Gasteiger partial charge in [-0.3, -0.25) is 0 Å². The van der Waals surface area contributed by atoms with Crippen LogP contribution < -0.4 is 0 Å². The van der Waals surface area contributed by atoms with Crippen molar-refractivity contribution in [2.75, 3.05) is 28.2 Å². The highest BCUT2D eigenvalue weighted by Gasteiger charge is 2.32. The maximum Gasteiger partial charge on any atom is 0.417 e. The third-order valence-electron chi connectivity index (χ3n) is 1.45. The average Bonchev–Trinajstić information content (AvgIpc) is 2.13. The van der Waals surface area contributed by atoms with Crippen molar-refractivity contribution < 1.29 is 22.4 Å². The lowest BCUT2D eigenvalue weighted by atomic mass is 10.1. The Morgan fingerprint density at radius 1 is 1.11 bits per heavy atom. The summed E-state index contributed by atoms with van der Waals surface area (Å²) in [5, 5.41) is -0.993. The smallest absolute Gasteiger partial charge is 0.417 e. The van der Waals surface area contributed by atoms with Crippen LogP contribution in [0.5, 0.6) is 0 Å². The summed E-state index contributed by atoms with van der Waals surface area (Å²) in [4.78, 5) is 10.6. The number of nitrogens with zero attached hydrogens (tertiary/aromatic N) is 1. The van der Waals surface area contributed by atoms with E-state index in [1.165, 1.54) is 12.1 Å². The Kier molecular flexibility index (Phi) is 5.76. The normalized spacial score (nSPS) is 11.5. The van der Waals surface area contributed by atoms with E-state index in [9.17, 15) is 18.0 Å². The first kappa shape index (κ1) is 16.9. The monoisotopic (exact) mass is 279 g/mol. The maximum absolute atomic E-state index is 12.2. The molecule has 0 saturated heterocycles. The Hall–Kier alpha value is -1.14. The molecule has 0 N–H and O–H groups in total. The van der Waals surface area contributed by atoms with E-state index in [-0.39, 0.29) is 0 Å². The SMILES string of the molecule is C[N+](C)(C)C.O=C([S-])c1ccccc1C(F)(F)F. The fourth-order valence-electron chi connectivity index (χ4n) is 0.908. The molecule has 0 spiro atoms. The number of rotatable bonds is 1. The third kappa shape index (κ3) is 7.24. The largest absolute Gasteiger partial charge is 0.737 e. The number of alkyl halides is 3. The lowest BCUT2D eigenvalue weighted by molar-refractivity contribution is -0.849. The molecule has 0 fully saturated rings. The van der Waals surface area contributed by atoms with Gasteiger partial charge in [0.1, 0.15) is 0 Å². The Morgan fingerprint density at radius 2 is 1.50 bits per heavy atom. The minimum Gasteiger partial charge on any atom is -0.737 e. The zero-order valence-corrected chi connectivity index (χ0v) is 11.5. The zero-order chi connectivity index (χ0) is 14.6. The molecule has 0 amide bonds. The molecule has 0 aromatic heterocycles. The van der Waals surface area contributed by atoms with Gasteiger partial charge in [0.2, 0.25) is 0 Å². The first-order chi connectivity index (χ1) is 7.93. The van der Waals surface area contributed by atoms with Crippen LogP contribution in [0.1, 0.15) is 15.9 Å². The van der Waals surface area contributed by atoms with Gasteiger partial charge in [-0.2, -0.15) is 13.2 Å². The summed E-state index contributed by atoms with van der Waals surface area (Å²) in [6.07, 6.45) is -4.52. The molecular weight excluding hydrogens is 263 g/mol. The lowest BCUT2D eigenvalue weighted by Crippen LogP contribution is -2.27. The van der Waals surface area contributed by atoms with Crippen molar-refractivity contribution in [1.82, 2.24) is 0 Å². The van der Waals surface area contributed by atoms with Crippen LogP contribution in [0.4, 0.5) is 13.2 Å². The highest BCUT2D eigenvalue weighted by molar-refractivity contribution is 7.77. The van der Waals surface area contributed by atoms with Gasteiger partial charge >= 0.3 is 6.18 Å². The first-order valence-electron chi connectivity index (χ1n) is 5.09. The standard InChI is InChI=1S/C8H5F3OS.C4H12N/c9-8(10,11)6-4-2-1-3-5(6)7(12)13;1-5(2,3)4/h1-4H,(H,12,13);1-4H3/q;+1/p-1. The van der Waals surface area contributed by atoms with Gasteiger partial charge in [-0.1, -0.05) is 18.2 Å². The predicted octanol–water partition coefficient (Wildman–Crippen LogP) is 2.71. The summed E-state index contributed by atoms with van der Waals surface area (Å²) in [6.45, 7) is 0. The second-order valence-corrected chi connectivity index (χ2v) is 5.38. The van der Waals surface area contributed by atoms with E-state index in [0.29, 0.717) is 0 Å². The summed E-state index contributed by atoms with van der Waals surface area (Å²) >= 11 is 4.16. The quantitative estimate of drug-likeness (QED) is 0.581. The predicted molar refractivity (Wildman–Crippen MR) is 67.1 cm³/mol. The number of hydrogen-bond acceptors (Lipinski definition) is 2. The summed E-state index contributed by atoms with van der Waals surface area (Å²) in [7, 11) is 8.50. The van der Waals surface area contributed by atoms with Gasteiger partial charge in [-0.15, -0.1) is 0 Å². The van der Waals surface area contributed by atoms with Crippen LogP contribution in [0.15, 0.2) is 24.3 Å². The molecule has 102 valence electrons. The van der Waals surface area contributed by atoms with E-state index in [1.54, 1.807) is 0 Å². The molecule has 0 aliphatic rings. The number of hydrogen-bond donors (Lipinski definition) is 0. The second kappa shape index (κ2) is 6.15. The van der Waals surface area contributed by atoms with E-state index >= 15 is 0 Å². The minimum absolute atomic E-state index is 0.468. The molecule has 0 heterocycles. The Labute approximate surface area is 110 Å². The number of quaternary nitrogens is 1. The third-order valence-corrected chi connectivity index (χ3v) is 1.67. The van der Waals surface area contributed by atoms with Crippen molar-refractivity contribution in [1.29, 1.82) is 0 Å². The number of carbonyl (C=O) groups excluding carboxylic acids is 1. The van der Waals surface area contributed by atoms with Crippen LogP contribution in [-0.2, 0) is 18.8 Å². The molecule has 1 rings (SSSR count). The van der Waals surface area contributed by atoms with Crippen LogP contribution in [-0.4, -0.2) is 37.8 Å². The Morgan fingerprint density at radius 3 is 1.78 bits per heavy atom. The molecule has 0 atom stereocenters. The number of halogens is 3. The molecule has 0 bridgehead atoms. The molecule has 0 aliphatic carbocycles. The van der Waals surface area contributed by atoms with Crippen molar-refractivity contribution in [3.63, 3.8) is 0 Å². The second-order valence-electron chi connectivity index (χ2n) is 5.01. The van der Waals surface area contributed by atoms with Crippen LogP contribution in [0, 0.1) is 0 Å². The minimum atomic E-state index is -4.52. The average molecular weight is 279 g/mol. The van der Waals surface area contributed by atoms with Crippen molar-refractivity contribution in [3.8, 4) is 0 Å². The molecule has 0 aliphatic heterocycles. The summed E-state index contributed by atoms with van der Waals surface area (Å²) in [6, 6.07) is 4.46. The van der Waals surface area contributed by atoms with E-state index < -0.39 is 22.4 Å². The summed E-state index contributed by atoms with van der Waals surface area (Å²) in [5.74, 6) is 0. The van der Waals surface area contributed by atoms with Crippen molar-refractivity contribution in [3.05, 3.63) is 35.4 Å². The highest BCUT2D eigenvalue weighted by Crippen LogP contribution is 2.31. The molecule has 6 heteroatoms. The van der Waals surface area contributed by atoms with Gasteiger partial charge in [0.25, 0.3) is 0 Å². The number of carbonyl (C=O) groups is 1. The highest BCUT2D eigenvalue weighted by atomic mass is 32.1. The van der Waals surface area contributed by atoms with Gasteiger partial charge in [0.05, 0.1) is 33.8 Å². The maximum atomic E-state index is 12.2. The van der Waals surface area contributed by atoms with Gasteiger partial charge in [0, 0.05) is 10.7 Å². The van der Waals surface area contributed by atoms with Gasteiger partial charge in [0.15, 0.2) is 0 Å². The van der Waals surface area contributed by atoms with E-state index in [0.717, 1.165) is 16.6 Å². The van der Waals surface area contributed by atoms with Gasteiger partial charge < -0.3 is 21.9 Å². The van der Waals surface area contributed by atoms with Crippen LogP contribution in [0.25, 0.3) is 0 Å². The van der Waals surface area contributed by atoms with E-state index in [4.69, 9.17) is 0 Å². The van der Waals surface area contributed by atoms with Crippen LogP contribution in [0.2, 0.25) is 0 Å². The van der Waals surface area contributed by atoms with Gasteiger partial charge in [-0.05, 0) is 6.07 Å². The van der Waals surface area contributed by atoms with Crippen LogP contribution >= 0.6 is 0 Å². The fraction of sp³-hybridized carbons (Fsp3) is 0.417. The molecule has 1 aromatic rings. The molecule has 0 unspecified atom stereocenters. The Bertz CT molecular complexity index is 405. The summed E-state index contributed by atoms with van der Waals surface area (Å²) < 4.78 is 37.6. The van der Waals surface area contributed by atoms with E-state index in [2.05, 4.69) is 40.8 Å². The zero-order valence-electron chi connectivity index (χ0n) is 10.7. The number of benzene rings is 1. The van der Waals surface area contributed by atoms with Gasteiger partial charge in [-0.25, -0.2) is 0 Å². The Balaban J connectivity index is 0.000000494. The molecular formula is C12H16F3NOS. The van der Waals surface area contributed by atoms with Crippen molar-refractivity contribution in [2.45, 2.75) is 6.18 Å². The molecule has 18 heavy (non-hydrogen) atoms. The first-order valence-corrected chi connectivity index (χ1v) is 5.50. The molecule has 2 nitrogen and oxygen atoms in total. The summed E-state index contributed by atoms with van der Waals surface area (Å²) in [5.41, 5.74) is -1.44. The topological polar surface area (TPSA) is 17.1 Å². The van der Waals surface area contributed by atoms with Crippen molar-refractivity contribution in [2.24, 2.45) is 0 Å². The van der Waals surface area contributed by atoms with Crippen molar-refractivity contribution >= 4 is 17.7 Å². The van der Waals surface area contributed by atoms with E-state index in [1.807, 2.05) is 0 Å².